The standard InChI is InChI=1S/C33H36O2Si/c1-36(2,26-32-23-31(35-32)25-34-24-27-15-7-3-8-16-27)33(28-17-9-4-10-18-28,29-19-11-5-12-20-29)30-21-13-6-14-22-30/h3-22,31-32H,23-26H2,1-2H3/t31-,32+/m0/s1. The highest BCUT2D eigenvalue weighted by Gasteiger charge is 2.52. The second kappa shape index (κ2) is 11.0. The first kappa shape index (κ1) is 24.7. The van der Waals surface area contributed by atoms with Crippen molar-refractivity contribution < 1.29 is 9.47 Å². The van der Waals surface area contributed by atoms with E-state index in [4.69, 9.17) is 9.47 Å². The van der Waals surface area contributed by atoms with Gasteiger partial charge in [0.2, 0.25) is 0 Å². The molecule has 0 saturated carbocycles. The maximum Gasteiger partial charge on any atom is 0.0836 e. The van der Waals surface area contributed by atoms with E-state index >= 15 is 0 Å². The molecule has 0 radical (unpaired) electrons. The highest BCUT2D eigenvalue weighted by molar-refractivity contribution is 6.82. The minimum atomic E-state index is -2.02. The highest BCUT2D eigenvalue weighted by atomic mass is 28.3. The van der Waals surface area contributed by atoms with E-state index in [2.05, 4.69) is 128 Å². The Hall–Kier alpha value is -2.98. The molecule has 3 heteroatoms. The molecule has 0 spiro atoms. The van der Waals surface area contributed by atoms with Crippen molar-refractivity contribution in [3.63, 3.8) is 0 Å². The van der Waals surface area contributed by atoms with Crippen LogP contribution in [0.4, 0.5) is 0 Å². The zero-order valence-corrected chi connectivity index (χ0v) is 22.3. The minimum absolute atomic E-state index is 0.172. The van der Waals surface area contributed by atoms with Crippen molar-refractivity contribution in [3.8, 4) is 0 Å². The zero-order valence-electron chi connectivity index (χ0n) is 21.3. The predicted molar refractivity (Wildman–Crippen MR) is 151 cm³/mol. The molecule has 36 heavy (non-hydrogen) atoms. The summed E-state index contributed by atoms with van der Waals surface area (Å²) in [5.74, 6) is 0. The van der Waals surface area contributed by atoms with Gasteiger partial charge in [-0.05, 0) is 28.3 Å². The van der Waals surface area contributed by atoms with E-state index in [1.165, 1.54) is 22.3 Å². The SMILES string of the molecule is C[Si](C)(C[C@H]1C[C@@H](COCc2ccccc2)O1)C(c1ccccc1)(c1ccccc1)c1ccccc1. The second-order valence-corrected chi connectivity index (χ2v) is 15.5. The summed E-state index contributed by atoms with van der Waals surface area (Å²) < 4.78 is 12.4. The molecule has 0 N–H and O–H groups in total. The Labute approximate surface area is 216 Å². The van der Waals surface area contributed by atoms with Crippen LogP contribution in [0, 0.1) is 0 Å². The first-order chi connectivity index (χ1) is 17.6. The summed E-state index contributed by atoms with van der Waals surface area (Å²) in [7, 11) is -2.02. The molecule has 0 bridgehead atoms. The van der Waals surface area contributed by atoms with Crippen molar-refractivity contribution in [1.29, 1.82) is 0 Å². The molecule has 0 aromatic heterocycles. The Bertz CT molecular complexity index is 1110. The maximum absolute atomic E-state index is 6.43. The largest absolute Gasteiger partial charge is 0.374 e. The number of ether oxygens (including phenoxy) is 2. The normalized spacial score (nSPS) is 17.9. The van der Waals surface area contributed by atoms with Gasteiger partial charge < -0.3 is 9.47 Å². The molecule has 1 saturated heterocycles. The lowest BCUT2D eigenvalue weighted by atomic mass is 9.83. The summed E-state index contributed by atoms with van der Waals surface area (Å²) >= 11 is 0. The van der Waals surface area contributed by atoms with E-state index in [-0.39, 0.29) is 17.2 Å². The van der Waals surface area contributed by atoms with E-state index in [0.29, 0.717) is 13.2 Å². The molecule has 2 atom stereocenters. The van der Waals surface area contributed by atoms with Crippen molar-refractivity contribution in [1.82, 2.24) is 0 Å². The van der Waals surface area contributed by atoms with Gasteiger partial charge in [-0.3, -0.25) is 0 Å². The van der Waals surface area contributed by atoms with Crippen molar-refractivity contribution in [2.24, 2.45) is 0 Å². The van der Waals surface area contributed by atoms with Gasteiger partial charge in [0.25, 0.3) is 0 Å². The van der Waals surface area contributed by atoms with E-state index < -0.39 is 8.07 Å². The van der Waals surface area contributed by atoms with Crippen LogP contribution in [-0.2, 0) is 21.1 Å². The fourth-order valence-electron chi connectivity index (χ4n) is 6.13. The van der Waals surface area contributed by atoms with Gasteiger partial charge in [-0.1, -0.05) is 134 Å². The van der Waals surface area contributed by atoms with Crippen LogP contribution < -0.4 is 0 Å². The Kier molecular flexibility index (Phi) is 7.52. The summed E-state index contributed by atoms with van der Waals surface area (Å²) in [6, 6.07) is 44.8. The van der Waals surface area contributed by atoms with Gasteiger partial charge in [-0.2, -0.15) is 0 Å². The number of hydrogen-bond donors (Lipinski definition) is 0. The molecule has 1 fully saturated rings. The predicted octanol–water partition coefficient (Wildman–Crippen LogP) is 7.64. The summed E-state index contributed by atoms with van der Waals surface area (Å²) in [5.41, 5.74) is 5.34. The summed E-state index contributed by atoms with van der Waals surface area (Å²) in [5, 5.41) is -0.172. The molecule has 1 aliphatic rings. The van der Waals surface area contributed by atoms with E-state index in [9.17, 15) is 0 Å². The molecule has 0 unspecified atom stereocenters. The van der Waals surface area contributed by atoms with Crippen LogP contribution in [0.1, 0.15) is 28.7 Å². The molecule has 4 aromatic rings. The molecule has 1 heterocycles. The summed E-state index contributed by atoms with van der Waals surface area (Å²) in [4.78, 5) is 0. The van der Waals surface area contributed by atoms with Gasteiger partial charge in [-0.25, -0.2) is 0 Å². The van der Waals surface area contributed by atoms with Crippen molar-refractivity contribution in [2.45, 2.75) is 49.4 Å². The Morgan fingerprint density at radius 1 is 0.667 bits per heavy atom. The van der Waals surface area contributed by atoms with Crippen LogP contribution in [0.3, 0.4) is 0 Å². The quantitative estimate of drug-likeness (QED) is 0.167. The average molecular weight is 493 g/mol. The smallest absolute Gasteiger partial charge is 0.0836 e. The van der Waals surface area contributed by atoms with Gasteiger partial charge in [0.1, 0.15) is 0 Å². The minimum Gasteiger partial charge on any atom is -0.374 e. The zero-order chi connectivity index (χ0) is 24.8. The lowest BCUT2D eigenvalue weighted by Gasteiger charge is -2.50. The Morgan fingerprint density at radius 2 is 1.08 bits per heavy atom. The van der Waals surface area contributed by atoms with E-state index in [1.807, 2.05) is 6.07 Å². The van der Waals surface area contributed by atoms with Gasteiger partial charge in [-0.15, -0.1) is 0 Å². The topological polar surface area (TPSA) is 18.5 Å². The molecule has 5 rings (SSSR count). The van der Waals surface area contributed by atoms with Crippen LogP contribution >= 0.6 is 0 Å². The highest BCUT2D eigenvalue weighted by Crippen LogP contribution is 2.49. The molecule has 2 nitrogen and oxygen atoms in total. The van der Waals surface area contributed by atoms with Crippen LogP contribution in [0.2, 0.25) is 19.1 Å². The van der Waals surface area contributed by atoms with Crippen molar-refractivity contribution in [2.75, 3.05) is 6.61 Å². The van der Waals surface area contributed by atoms with Crippen LogP contribution in [0.5, 0.6) is 0 Å². The number of hydrogen-bond acceptors (Lipinski definition) is 2. The van der Waals surface area contributed by atoms with E-state index in [1.54, 1.807) is 0 Å². The Morgan fingerprint density at radius 3 is 1.53 bits per heavy atom. The average Bonchev–Trinajstić information content (AvgIpc) is 2.90. The van der Waals surface area contributed by atoms with Crippen LogP contribution in [0.25, 0.3) is 0 Å². The molecular formula is C33H36O2Si. The third kappa shape index (κ3) is 4.97. The maximum atomic E-state index is 6.43. The van der Waals surface area contributed by atoms with Crippen LogP contribution in [0.15, 0.2) is 121 Å². The first-order valence-corrected chi connectivity index (χ1v) is 16.2. The number of benzene rings is 4. The molecule has 4 aromatic carbocycles. The summed E-state index contributed by atoms with van der Waals surface area (Å²) in [6.45, 7) is 6.39. The molecule has 184 valence electrons. The van der Waals surface area contributed by atoms with Crippen LogP contribution in [-0.4, -0.2) is 26.9 Å². The van der Waals surface area contributed by atoms with E-state index in [0.717, 1.165) is 12.5 Å². The molecule has 0 aliphatic carbocycles. The molecule has 0 amide bonds. The fraction of sp³-hybridized carbons (Fsp3) is 0.273. The first-order valence-electron chi connectivity index (χ1n) is 13.0. The van der Waals surface area contributed by atoms with Gasteiger partial charge in [0.05, 0.1) is 33.5 Å². The fourth-order valence-corrected chi connectivity index (χ4v) is 10.7. The molecule has 1 aliphatic heterocycles. The lowest BCUT2D eigenvalue weighted by molar-refractivity contribution is -0.145. The van der Waals surface area contributed by atoms with Gasteiger partial charge >= 0.3 is 0 Å². The molecular weight excluding hydrogens is 456 g/mol. The Balaban J connectivity index is 1.38. The van der Waals surface area contributed by atoms with Gasteiger partial charge in [0, 0.05) is 11.5 Å². The second-order valence-electron chi connectivity index (χ2n) is 10.6. The van der Waals surface area contributed by atoms with Crippen molar-refractivity contribution in [3.05, 3.63) is 144 Å². The third-order valence-corrected chi connectivity index (χ3v) is 12.1. The third-order valence-electron chi connectivity index (χ3n) is 7.70. The van der Waals surface area contributed by atoms with Crippen molar-refractivity contribution >= 4 is 8.07 Å². The lowest BCUT2D eigenvalue weighted by Crippen LogP contribution is -2.57. The number of rotatable bonds is 10. The monoisotopic (exact) mass is 492 g/mol. The summed E-state index contributed by atoms with van der Waals surface area (Å²) in [6.07, 6.45) is 1.55. The van der Waals surface area contributed by atoms with Gasteiger partial charge in [0.15, 0.2) is 0 Å².